The molecule has 3 aliphatic heterocycles. The van der Waals surface area contributed by atoms with Gasteiger partial charge in [-0.15, -0.1) is 0 Å². The first kappa shape index (κ1) is 11.5. The maximum atomic E-state index is 3.75. The van der Waals surface area contributed by atoms with Crippen LogP contribution in [-0.4, -0.2) is 30.6 Å². The average molecular weight is 295 g/mol. The van der Waals surface area contributed by atoms with Crippen LogP contribution in [0.3, 0.4) is 0 Å². The van der Waals surface area contributed by atoms with Gasteiger partial charge in [-0.05, 0) is 56.5 Å². The van der Waals surface area contributed by atoms with Gasteiger partial charge in [-0.1, -0.05) is 22.0 Å². The smallest absolute Gasteiger partial charge is 0.0417 e. The number of nitrogens with one attached hydrogen (secondary N) is 1. The van der Waals surface area contributed by atoms with E-state index in [1.165, 1.54) is 43.7 Å². The van der Waals surface area contributed by atoms with E-state index in [0.29, 0.717) is 6.04 Å². The number of hydrogen-bond donors (Lipinski definition) is 1. The Balaban J connectivity index is 1.76. The van der Waals surface area contributed by atoms with Crippen molar-refractivity contribution in [1.29, 1.82) is 0 Å². The fourth-order valence-electron chi connectivity index (χ4n) is 3.08. The van der Waals surface area contributed by atoms with Crippen molar-refractivity contribution in [2.45, 2.75) is 25.8 Å². The van der Waals surface area contributed by atoms with Crippen LogP contribution < -0.4 is 5.32 Å². The normalized spacial score (nSPS) is 31.5. The molecule has 3 heteroatoms. The number of aryl methyl sites for hydroxylation is 1. The van der Waals surface area contributed by atoms with Crippen molar-refractivity contribution in [3.05, 3.63) is 28.2 Å². The summed E-state index contributed by atoms with van der Waals surface area (Å²) in [4.78, 5) is 2.59. The molecule has 2 nitrogen and oxygen atoms in total. The van der Waals surface area contributed by atoms with E-state index in [2.05, 4.69) is 51.3 Å². The molecule has 4 rings (SSSR count). The minimum absolute atomic E-state index is 0.644. The number of benzene rings is 1. The molecule has 0 aliphatic carbocycles. The molecule has 3 saturated heterocycles. The zero-order valence-corrected chi connectivity index (χ0v) is 11.8. The summed E-state index contributed by atoms with van der Waals surface area (Å²) in [5.74, 6) is 0.874. The molecule has 1 N–H and O–H groups in total. The standard InChI is InChI=1S/C14H19BrN2/c1-10-2-3-12(15)8-13(10)16-14-9-17-6-4-11(14)5-7-17/h2-3,8,11,14,16H,4-7,9H2,1H3. The molecular weight excluding hydrogens is 276 g/mol. The van der Waals surface area contributed by atoms with E-state index in [-0.39, 0.29) is 0 Å². The quantitative estimate of drug-likeness (QED) is 0.901. The van der Waals surface area contributed by atoms with Crippen LogP contribution in [0.4, 0.5) is 5.69 Å². The van der Waals surface area contributed by atoms with Crippen LogP contribution in [0.1, 0.15) is 18.4 Å². The highest BCUT2D eigenvalue weighted by Gasteiger charge is 2.33. The van der Waals surface area contributed by atoms with Gasteiger partial charge in [-0.2, -0.15) is 0 Å². The van der Waals surface area contributed by atoms with E-state index < -0.39 is 0 Å². The Bertz CT molecular complexity index is 411. The molecule has 1 atom stereocenters. The van der Waals surface area contributed by atoms with Gasteiger partial charge in [0.05, 0.1) is 0 Å². The Kier molecular flexibility index (Phi) is 3.14. The highest BCUT2D eigenvalue weighted by Crippen LogP contribution is 2.31. The third-order valence-corrected chi connectivity index (χ3v) is 4.69. The first-order chi connectivity index (χ1) is 8.22. The van der Waals surface area contributed by atoms with Gasteiger partial charge in [0.1, 0.15) is 0 Å². The van der Waals surface area contributed by atoms with Gasteiger partial charge in [0.25, 0.3) is 0 Å². The lowest BCUT2D eigenvalue weighted by Crippen LogP contribution is -2.53. The average Bonchev–Trinajstić information content (AvgIpc) is 2.35. The Morgan fingerprint density at radius 3 is 2.71 bits per heavy atom. The van der Waals surface area contributed by atoms with Gasteiger partial charge < -0.3 is 10.2 Å². The minimum atomic E-state index is 0.644. The molecule has 0 spiro atoms. The fourth-order valence-corrected chi connectivity index (χ4v) is 3.44. The van der Waals surface area contributed by atoms with Gasteiger partial charge in [0.2, 0.25) is 0 Å². The fraction of sp³-hybridized carbons (Fsp3) is 0.571. The molecule has 3 heterocycles. The molecule has 3 aliphatic rings. The third kappa shape index (κ3) is 2.36. The lowest BCUT2D eigenvalue weighted by atomic mass is 9.84. The van der Waals surface area contributed by atoms with Crippen molar-refractivity contribution in [3.63, 3.8) is 0 Å². The van der Waals surface area contributed by atoms with Crippen molar-refractivity contribution >= 4 is 21.6 Å². The second kappa shape index (κ2) is 4.62. The van der Waals surface area contributed by atoms with Gasteiger partial charge in [-0.25, -0.2) is 0 Å². The number of piperidine rings is 3. The number of halogens is 1. The first-order valence-corrected chi connectivity index (χ1v) is 7.27. The number of anilines is 1. The maximum absolute atomic E-state index is 3.75. The summed E-state index contributed by atoms with van der Waals surface area (Å²) in [7, 11) is 0. The SMILES string of the molecule is Cc1ccc(Br)cc1NC1CN2CCC1CC2. The molecule has 1 unspecified atom stereocenters. The summed E-state index contributed by atoms with van der Waals surface area (Å²) in [6, 6.07) is 7.13. The molecule has 0 aromatic heterocycles. The molecule has 17 heavy (non-hydrogen) atoms. The van der Waals surface area contributed by atoms with Gasteiger partial charge in [0.15, 0.2) is 0 Å². The summed E-state index contributed by atoms with van der Waals surface area (Å²) in [6.07, 6.45) is 2.73. The predicted molar refractivity (Wildman–Crippen MR) is 75.5 cm³/mol. The van der Waals surface area contributed by atoms with Crippen molar-refractivity contribution in [1.82, 2.24) is 4.90 Å². The molecule has 0 saturated carbocycles. The Labute approximate surface area is 112 Å². The third-order valence-electron chi connectivity index (χ3n) is 4.20. The van der Waals surface area contributed by atoms with Crippen LogP contribution in [0.25, 0.3) is 0 Å². The largest absolute Gasteiger partial charge is 0.380 e. The zero-order valence-electron chi connectivity index (χ0n) is 10.2. The Morgan fingerprint density at radius 1 is 1.29 bits per heavy atom. The highest BCUT2D eigenvalue weighted by molar-refractivity contribution is 9.10. The number of nitrogens with zero attached hydrogens (tertiary/aromatic N) is 1. The van der Waals surface area contributed by atoms with Crippen LogP contribution in [0.2, 0.25) is 0 Å². The number of rotatable bonds is 2. The van der Waals surface area contributed by atoms with E-state index in [1.54, 1.807) is 0 Å². The van der Waals surface area contributed by atoms with Crippen LogP contribution in [0.15, 0.2) is 22.7 Å². The number of fused-ring (bicyclic) bond motifs is 3. The van der Waals surface area contributed by atoms with Crippen molar-refractivity contribution < 1.29 is 0 Å². The Hall–Kier alpha value is -0.540. The van der Waals surface area contributed by atoms with Crippen LogP contribution in [-0.2, 0) is 0 Å². The number of hydrogen-bond acceptors (Lipinski definition) is 2. The first-order valence-electron chi connectivity index (χ1n) is 6.47. The monoisotopic (exact) mass is 294 g/mol. The van der Waals surface area contributed by atoms with E-state index in [4.69, 9.17) is 0 Å². The molecule has 3 fully saturated rings. The van der Waals surface area contributed by atoms with E-state index in [0.717, 1.165) is 10.4 Å². The topological polar surface area (TPSA) is 15.3 Å². The molecule has 1 aromatic carbocycles. The minimum Gasteiger partial charge on any atom is -0.380 e. The summed E-state index contributed by atoms with van der Waals surface area (Å²) >= 11 is 3.55. The zero-order chi connectivity index (χ0) is 11.8. The lowest BCUT2D eigenvalue weighted by molar-refractivity contribution is 0.0975. The molecule has 92 valence electrons. The van der Waals surface area contributed by atoms with Gasteiger partial charge >= 0.3 is 0 Å². The Morgan fingerprint density at radius 2 is 2.06 bits per heavy atom. The maximum Gasteiger partial charge on any atom is 0.0417 e. The molecule has 1 aromatic rings. The molecular formula is C14H19BrN2. The van der Waals surface area contributed by atoms with Crippen LogP contribution >= 0.6 is 15.9 Å². The van der Waals surface area contributed by atoms with Crippen LogP contribution in [0.5, 0.6) is 0 Å². The summed E-state index contributed by atoms with van der Waals surface area (Å²) in [5.41, 5.74) is 2.63. The highest BCUT2D eigenvalue weighted by atomic mass is 79.9. The summed E-state index contributed by atoms with van der Waals surface area (Å²) in [5, 5.41) is 3.75. The molecule has 0 radical (unpaired) electrons. The van der Waals surface area contributed by atoms with Crippen molar-refractivity contribution in [2.75, 3.05) is 25.0 Å². The van der Waals surface area contributed by atoms with Crippen molar-refractivity contribution in [3.8, 4) is 0 Å². The van der Waals surface area contributed by atoms with E-state index >= 15 is 0 Å². The lowest BCUT2D eigenvalue weighted by Gasteiger charge is -2.45. The van der Waals surface area contributed by atoms with Gasteiger partial charge in [-0.3, -0.25) is 0 Å². The summed E-state index contributed by atoms with van der Waals surface area (Å²) < 4.78 is 1.16. The van der Waals surface area contributed by atoms with Crippen LogP contribution in [0, 0.1) is 12.8 Å². The predicted octanol–water partition coefficient (Wildman–Crippen LogP) is 3.26. The summed E-state index contributed by atoms with van der Waals surface area (Å²) in [6.45, 7) is 6.01. The van der Waals surface area contributed by atoms with E-state index in [9.17, 15) is 0 Å². The van der Waals surface area contributed by atoms with E-state index in [1.807, 2.05) is 0 Å². The van der Waals surface area contributed by atoms with Crippen molar-refractivity contribution in [2.24, 2.45) is 5.92 Å². The second-order valence-corrected chi connectivity index (χ2v) is 6.26. The molecule has 0 amide bonds. The van der Waals surface area contributed by atoms with Gasteiger partial charge in [0, 0.05) is 22.7 Å². The second-order valence-electron chi connectivity index (χ2n) is 5.35. The molecule has 2 bridgehead atoms.